The summed E-state index contributed by atoms with van der Waals surface area (Å²) >= 11 is 11.9. The van der Waals surface area contributed by atoms with E-state index in [-0.39, 0.29) is 17.5 Å². The lowest BCUT2D eigenvalue weighted by molar-refractivity contribution is 0.449. The Bertz CT molecular complexity index is 939. The zero-order valence-electron chi connectivity index (χ0n) is 12.2. The van der Waals surface area contributed by atoms with Gasteiger partial charge in [0.05, 0.1) is 22.6 Å². The number of nitrogens with one attached hydrogen (secondary N) is 2. The van der Waals surface area contributed by atoms with E-state index in [1.54, 1.807) is 18.2 Å². The Morgan fingerprint density at radius 1 is 0.880 bits per heavy atom. The highest BCUT2D eigenvalue weighted by molar-refractivity contribution is 6.35. The maximum Gasteiger partial charge on any atom is 0.249 e. The molecular formula is C15H8Cl2F3N5. The van der Waals surface area contributed by atoms with Crippen molar-refractivity contribution < 1.29 is 13.2 Å². The van der Waals surface area contributed by atoms with Crippen LogP contribution >= 0.6 is 23.2 Å². The van der Waals surface area contributed by atoms with Crippen molar-refractivity contribution in [2.75, 3.05) is 10.6 Å². The van der Waals surface area contributed by atoms with Crippen LogP contribution in [0.1, 0.15) is 0 Å². The maximum atomic E-state index is 13.7. The largest absolute Gasteiger partial charge is 0.338 e. The molecular weight excluding hydrogens is 378 g/mol. The summed E-state index contributed by atoms with van der Waals surface area (Å²) in [4.78, 5) is 4.05. The topological polar surface area (TPSA) is 62.7 Å². The molecule has 5 nitrogen and oxygen atoms in total. The Balaban J connectivity index is 1.85. The van der Waals surface area contributed by atoms with Gasteiger partial charge in [0.15, 0.2) is 23.3 Å². The number of benzene rings is 2. The molecule has 0 amide bonds. The fourth-order valence-corrected chi connectivity index (χ4v) is 2.23. The lowest BCUT2D eigenvalue weighted by atomic mass is 10.3. The number of rotatable bonds is 4. The smallest absolute Gasteiger partial charge is 0.249 e. The summed E-state index contributed by atoms with van der Waals surface area (Å²) in [5.41, 5.74) is 0.137. The van der Waals surface area contributed by atoms with E-state index < -0.39 is 17.5 Å². The van der Waals surface area contributed by atoms with Crippen molar-refractivity contribution in [2.24, 2.45) is 0 Å². The van der Waals surface area contributed by atoms with Gasteiger partial charge in [0.25, 0.3) is 0 Å². The molecule has 0 spiro atoms. The van der Waals surface area contributed by atoms with Gasteiger partial charge in [0.1, 0.15) is 0 Å². The second-order valence-electron chi connectivity index (χ2n) is 4.76. The molecule has 0 atom stereocenters. The average molecular weight is 386 g/mol. The molecule has 0 saturated heterocycles. The van der Waals surface area contributed by atoms with Crippen molar-refractivity contribution >= 4 is 46.3 Å². The van der Waals surface area contributed by atoms with Crippen molar-refractivity contribution in [3.05, 3.63) is 64.0 Å². The van der Waals surface area contributed by atoms with E-state index in [1.807, 2.05) is 0 Å². The van der Waals surface area contributed by atoms with E-state index in [2.05, 4.69) is 25.8 Å². The number of hydrogen-bond acceptors (Lipinski definition) is 5. The molecule has 0 fully saturated rings. The zero-order valence-corrected chi connectivity index (χ0v) is 13.7. The van der Waals surface area contributed by atoms with Gasteiger partial charge in [-0.1, -0.05) is 23.2 Å². The highest BCUT2D eigenvalue weighted by atomic mass is 35.5. The van der Waals surface area contributed by atoms with E-state index in [4.69, 9.17) is 23.2 Å². The molecule has 10 heteroatoms. The van der Waals surface area contributed by atoms with Gasteiger partial charge in [-0.3, -0.25) is 0 Å². The van der Waals surface area contributed by atoms with E-state index in [1.165, 1.54) is 6.20 Å². The van der Waals surface area contributed by atoms with Crippen LogP contribution < -0.4 is 10.6 Å². The van der Waals surface area contributed by atoms with Crippen LogP contribution in [0, 0.1) is 17.5 Å². The van der Waals surface area contributed by atoms with E-state index in [9.17, 15) is 13.2 Å². The molecule has 3 aromatic rings. The average Bonchev–Trinajstić information content (AvgIpc) is 2.59. The summed E-state index contributed by atoms with van der Waals surface area (Å²) in [6.45, 7) is 0. The third-order valence-electron chi connectivity index (χ3n) is 3.03. The normalized spacial score (nSPS) is 10.6. The molecule has 2 aromatic carbocycles. The first-order chi connectivity index (χ1) is 11.9. The second kappa shape index (κ2) is 7.12. The highest BCUT2D eigenvalue weighted by Gasteiger charge is 2.14. The third kappa shape index (κ3) is 3.92. The number of halogens is 5. The van der Waals surface area contributed by atoms with Gasteiger partial charge < -0.3 is 10.6 Å². The molecule has 3 rings (SSSR count). The molecule has 0 saturated carbocycles. The molecule has 1 aromatic heterocycles. The molecule has 0 aliphatic heterocycles. The van der Waals surface area contributed by atoms with Crippen molar-refractivity contribution in [3.63, 3.8) is 0 Å². The monoisotopic (exact) mass is 385 g/mol. The minimum atomic E-state index is -1.60. The van der Waals surface area contributed by atoms with Crippen LogP contribution in [0.5, 0.6) is 0 Å². The number of aromatic nitrogens is 3. The fraction of sp³-hybridized carbons (Fsp3) is 0. The van der Waals surface area contributed by atoms with Gasteiger partial charge in [0, 0.05) is 5.02 Å². The number of anilines is 4. The predicted octanol–water partition coefficient (Wildman–Crippen LogP) is 5.08. The van der Waals surface area contributed by atoms with E-state index in [0.29, 0.717) is 15.7 Å². The van der Waals surface area contributed by atoms with Gasteiger partial charge >= 0.3 is 0 Å². The number of hydrogen-bond donors (Lipinski definition) is 2. The molecule has 25 heavy (non-hydrogen) atoms. The quantitative estimate of drug-likeness (QED) is 0.612. The second-order valence-corrected chi connectivity index (χ2v) is 5.61. The van der Waals surface area contributed by atoms with Crippen LogP contribution in [0.4, 0.5) is 36.3 Å². The summed E-state index contributed by atoms with van der Waals surface area (Å²) in [6.07, 6.45) is 1.30. The lowest BCUT2D eigenvalue weighted by Gasteiger charge is -2.10. The van der Waals surface area contributed by atoms with Crippen molar-refractivity contribution in [1.29, 1.82) is 0 Å². The Morgan fingerprint density at radius 2 is 1.68 bits per heavy atom. The van der Waals surface area contributed by atoms with Crippen LogP contribution in [-0.4, -0.2) is 15.2 Å². The zero-order chi connectivity index (χ0) is 18.0. The third-order valence-corrected chi connectivity index (χ3v) is 3.60. The molecule has 128 valence electrons. The summed E-state index contributed by atoms with van der Waals surface area (Å²) in [7, 11) is 0. The molecule has 0 radical (unpaired) electrons. The Hall–Kier alpha value is -2.58. The van der Waals surface area contributed by atoms with Crippen molar-refractivity contribution in [3.8, 4) is 0 Å². The van der Waals surface area contributed by atoms with E-state index >= 15 is 0 Å². The molecule has 0 bridgehead atoms. The molecule has 0 unspecified atom stereocenters. The van der Waals surface area contributed by atoms with E-state index in [0.717, 1.165) is 12.1 Å². The lowest BCUT2D eigenvalue weighted by Crippen LogP contribution is -2.05. The summed E-state index contributed by atoms with van der Waals surface area (Å²) in [6, 6.07) is 6.59. The number of nitrogens with zero attached hydrogens (tertiary/aromatic N) is 3. The van der Waals surface area contributed by atoms with Crippen molar-refractivity contribution in [2.45, 2.75) is 0 Å². The summed E-state index contributed by atoms with van der Waals surface area (Å²) < 4.78 is 39.9. The SMILES string of the molecule is Fc1ccc(Nc2nncc(Nc3cc(Cl)ccc3Cl)n2)c(F)c1F. The van der Waals surface area contributed by atoms with Gasteiger partial charge in [-0.15, -0.1) is 5.10 Å². The van der Waals surface area contributed by atoms with Gasteiger partial charge in [-0.05, 0) is 30.3 Å². The first-order valence-corrected chi connectivity index (χ1v) is 7.52. The maximum absolute atomic E-state index is 13.7. The van der Waals surface area contributed by atoms with Gasteiger partial charge in [-0.25, -0.2) is 13.2 Å². The van der Waals surface area contributed by atoms with Crippen LogP contribution in [0.2, 0.25) is 10.0 Å². The molecule has 0 aliphatic rings. The molecule has 2 N–H and O–H groups in total. The summed E-state index contributed by atoms with van der Waals surface area (Å²) in [5, 5.41) is 13.5. The molecule has 0 aliphatic carbocycles. The minimum Gasteiger partial charge on any atom is -0.338 e. The minimum absolute atomic E-state index is 0.131. The standard InChI is InChI=1S/C15H8Cl2F3N5/c16-7-1-2-8(17)11(5-7)22-12-6-21-25-15(24-12)23-10-4-3-9(18)13(19)14(10)20/h1-6H,(H2,22,23,24,25). The first kappa shape index (κ1) is 17.2. The van der Waals surface area contributed by atoms with Crippen LogP contribution in [0.15, 0.2) is 36.5 Å². The van der Waals surface area contributed by atoms with Crippen LogP contribution in [0.25, 0.3) is 0 Å². The Morgan fingerprint density at radius 3 is 2.48 bits per heavy atom. The van der Waals surface area contributed by atoms with Crippen LogP contribution in [0.3, 0.4) is 0 Å². The fourth-order valence-electron chi connectivity index (χ4n) is 1.89. The van der Waals surface area contributed by atoms with Gasteiger partial charge in [0.2, 0.25) is 5.95 Å². The molecule has 1 heterocycles. The summed E-state index contributed by atoms with van der Waals surface area (Å²) in [5.74, 6) is -4.19. The first-order valence-electron chi connectivity index (χ1n) is 6.76. The van der Waals surface area contributed by atoms with Crippen molar-refractivity contribution in [1.82, 2.24) is 15.2 Å². The highest BCUT2D eigenvalue weighted by Crippen LogP contribution is 2.28. The predicted molar refractivity (Wildman–Crippen MR) is 89.2 cm³/mol. The van der Waals surface area contributed by atoms with Gasteiger partial charge in [-0.2, -0.15) is 10.1 Å². The van der Waals surface area contributed by atoms with Crippen LogP contribution in [-0.2, 0) is 0 Å². The Labute approximate surface area is 149 Å². The Kier molecular flexibility index (Phi) is 4.91.